The third-order valence-corrected chi connectivity index (χ3v) is 4.48. The fraction of sp³-hybridized carbons (Fsp3) is 0.250. The molecule has 6 nitrogen and oxygen atoms in total. The van der Waals surface area contributed by atoms with Gasteiger partial charge in [0.15, 0.2) is 11.4 Å². The molecule has 2 heterocycles. The van der Waals surface area contributed by atoms with Crippen LogP contribution in [0.5, 0.6) is 5.75 Å². The van der Waals surface area contributed by atoms with Gasteiger partial charge in [0.1, 0.15) is 6.61 Å². The van der Waals surface area contributed by atoms with Gasteiger partial charge in [0.2, 0.25) is 0 Å². The lowest BCUT2D eigenvalue weighted by Gasteiger charge is -2.17. The van der Waals surface area contributed by atoms with Gasteiger partial charge < -0.3 is 14.7 Å². The van der Waals surface area contributed by atoms with Gasteiger partial charge in [-0.3, -0.25) is 9.59 Å². The van der Waals surface area contributed by atoms with Crippen LogP contribution in [0, 0.1) is 5.92 Å². The minimum atomic E-state index is -0.904. The Hall–Kier alpha value is -3.15. The van der Waals surface area contributed by atoms with Crippen LogP contribution >= 0.6 is 0 Å². The molecule has 0 spiro atoms. The number of aromatic nitrogens is 1. The van der Waals surface area contributed by atoms with Crippen molar-refractivity contribution in [3.63, 3.8) is 0 Å². The van der Waals surface area contributed by atoms with E-state index in [-0.39, 0.29) is 30.7 Å². The Morgan fingerprint density at radius 2 is 2.00 bits per heavy atom. The van der Waals surface area contributed by atoms with Crippen molar-refractivity contribution in [1.82, 2.24) is 9.88 Å². The lowest BCUT2D eigenvalue weighted by Crippen LogP contribution is -2.31. The number of nitrogens with zero attached hydrogens (tertiary/aromatic N) is 2. The Bertz CT molecular complexity index is 806. The van der Waals surface area contributed by atoms with Crippen LogP contribution in [0.15, 0.2) is 61.3 Å². The first kappa shape index (κ1) is 17.7. The van der Waals surface area contributed by atoms with Crippen LogP contribution in [0.1, 0.15) is 22.0 Å². The summed E-state index contributed by atoms with van der Waals surface area (Å²) < 4.78 is 5.51. The standard InChI is InChI=1S/C20H20N2O4/c1-2-11-26-17-9-6-10-21-18(17)19(23)22-12-15(16(13-22)20(24)25)14-7-4-3-5-8-14/h2-10,15-16H,1,11-13H2,(H,24,25). The smallest absolute Gasteiger partial charge is 0.308 e. The van der Waals surface area contributed by atoms with Crippen LogP contribution in [0.2, 0.25) is 0 Å². The van der Waals surface area contributed by atoms with Crippen molar-refractivity contribution in [3.8, 4) is 5.75 Å². The van der Waals surface area contributed by atoms with Crippen molar-refractivity contribution in [2.45, 2.75) is 5.92 Å². The summed E-state index contributed by atoms with van der Waals surface area (Å²) in [6, 6.07) is 12.8. The molecule has 0 aliphatic carbocycles. The van der Waals surface area contributed by atoms with E-state index in [1.807, 2.05) is 30.3 Å². The number of carbonyl (C=O) groups excluding carboxylic acids is 1. The SMILES string of the molecule is C=CCOc1cccnc1C(=O)N1CC(C(=O)O)C(c2ccccc2)C1. The molecule has 2 aromatic rings. The van der Waals surface area contributed by atoms with Gasteiger partial charge in [-0.25, -0.2) is 4.98 Å². The maximum absolute atomic E-state index is 12.9. The second-order valence-corrected chi connectivity index (χ2v) is 6.12. The summed E-state index contributed by atoms with van der Waals surface area (Å²) in [5, 5.41) is 9.60. The molecule has 1 fully saturated rings. The number of rotatable bonds is 6. The summed E-state index contributed by atoms with van der Waals surface area (Å²) >= 11 is 0. The molecule has 0 saturated carbocycles. The predicted molar refractivity (Wildman–Crippen MR) is 96.1 cm³/mol. The Morgan fingerprint density at radius 3 is 2.69 bits per heavy atom. The Labute approximate surface area is 151 Å². The van der Waals surface area contributed by atoms with Gasteiger partial charge in [-0.15, -0.1) is 0 Å². The zero-order valence-electron chi connectivity index (χ0n) is 14.2. The minimum absolute atomic E-state index is 0.144. The molecule has 1 N–H and O–H groups in total. The number of benzene rings is 1. The molecule has 0 bridgehead atoms. The van der Waals surface area contributed by atoms with Crippen LogP contribution in [0.25, 0.3) is 0 Å². The van der Waals surface area contributed by atoms with Crippen LogP contribution in [0.3, 0.4) is 0 Å². The third kappa shape index (κ3) is 3.59. The largest absolute Gasteiger partial charge is 0.487 e. The molecule has 1 saturated heterocycles. The van der Waals surface area contributed by atoms with Crippen molar-refractivity contribution in [3.05, 3.63) is 72.6 Å². The lowest BCUT2D eigenvalue weighted by atomic mass is 9.89. The van der Waals surface area contributed by atoms with Crippen molar-refractivity contribution < 1.29 is 19.4 Å². The number of carboxylic acids is 1. The summed E-state index contributed by atoms with van der Waals surface area (Å²) in [5.74, 6) is -1.76. The zero-order valence-corrected chi connectivity index (χ0v) is 14.2. The fourth-order valence-electron chi connectivity index (χ4n) is 3.22. The average Bonchev–Trinajstić information content (AvgIpc) is 3.12. The summed E-state index contributed by atoms with van der Waals surface area (Å²) in [6.45, 7) is 4.33. The molecule has 0 radical (unpaired) electrons. The van der Waals surface area contributed by atoms with E-state index in [1.165, 1.54) is 6.20 Å². The number of carbonyl (C=O) groups is 2. The number of hydrogen-bond acceptors (Lipinski definition) is 4. The van der Waals surface area contributed by atoms with E-state index in [0.717, 1.165) is 5.56 Å². The molecule has 1 amide bonds. The molecular formula is C20H20N2O4. The van der Waals surface area contributed by atoms with E-state index < -0.39 is 11.9 Å². The van der Waals surface area contributed by atoms with E-state index in [2.05, 4.69) is 11.6 Å². The van der Waals surface area contributed by atoms with E-state index in [9.17, 15) is 14.7 Å². The highest BCUT2D eigenvalue weighted by Gasteiger charge is 2.41. The quantitative estimate of drug-likeness (QED) is 0.809. The fourth-order valence-corrected chi connectivity index (χ4v) is 3.22. The van der Waals surface area contributed by atoms with E-state index >= 15 is 0 Å². The molecule has 1 aromatic heterocycles. The topological polar surface area (TPSA) is 79.7 Å². The first-order chi connectivity index (χ1) is 12.6. The van der Waals surface area contributed by atoms with Crippen molar-refractivity contribution in [1.29, 1.82) is 0 Å². The van der Waals surface area contributed by atoms with E-state index in [0.29, 0.717) is 12.3 Å². The number of pyridine rings is 1. The molecule has 26 heavy (non-hydrogen) atoms. The van der Waals surface area contributed by atoms with Gasteiger partial charge in [-0.1, -0.05) is 43.0 Å². The highest BCUT2D eigenvalue weighted by molar-refractivity contribution is 5.95. The number of likely N-dealkylation sites (tertiary alicyclic amines) is 1. The van der Waals surface area contributed by atoms with Gasteiger partial charge in [-0.2, -0.15) is 0 Å². The van der Waals surface area contributed by atoms with Crippen LogP contribution in [-0.2, 0) is 4.79 Å². The summed E-state index contributed by atoms with van der Waals surface area (Å²) in [4.78, 5) is 30.3. The first-order valence-corrected chi connectivity index (χ1v) is 8.37. The van der Waals surface area contributed by atoms with Crippen molar-refractivity contribution >= 4 is 11.9 Å². The Balaban J connectivity index is 1.85. The van der Waals surface area contributed by atoms with Crippen LogP contribution in [-0.4, -0.2) is 46.6 Å². The monoisotopic (exact) mass is 352 g/mol. The van der Waals surface area contributed by atoms with Crippen LogP contribution in [0.4, 0.5) is 0 Å². The number of aliphatic carboxylic acids is 1. The average molecular weight is 352 g/mol. The molecule has 3 rings (SSSR count). The maximum Gasteiger partial charge on any atom is 0.308 e. The molecule has 6 heteroatoms. The van der Waals surface area contributed by atoms with E-state index in [4.69, 9.17) is 4.74 Å². The second kappa shape index (κ2) is 7.82. The number of amides is 1. The van der Waals surface area contributed by atoms with Crippen molar-refractivity contribution in [2.24, 2.45) is 5.92 Å². The molecule has 2 unspecified atom stereocenters. The Morgan fingerprint density at radius 1 is 1.23 bits per heavy atom. The Kier molecular flexibility index (Phi) is 5.31. The summed E-state index contributed by atoms with van der Waals surface area (Å²) in [5.41, 5.74) is 1.10. The second-order valence-electron chi connectivity index (χ2n) is 6.12. The van der Waals surface area contributed by atoms with Crippen LogP contribution < -0.4 is 4.74 Å². The molecule has 134 valence electrons. The first-order valence-electron chi connectivity index (χ1n) is 8.37. The maximum atomic E-state index is 12.9. The summed E-state index contributed by atoms with van der Waals surface area (Å²) in [7, 11) is 0. The van der Waals surface area contributed by atoms with Gasteiger partial charge >= 0.3 is 5.97 Å². The zero-order chi connectivity index (χ0) is 18.5. The van der Waals surface area contributed by atoms with Crippen molar-refractivity contribution in [2.75, 3.05) is 19.7 Å². The minimum Gasteiger partial charge on any atom is -0.487 e. The van der Waals surface area contributed by atoms with Gasteiger partial charge in [0.25, 0.3) is 5.91 Å². The normalized spacial score (nSPS) is 19.2. The molecular weight excluding hydrogens is 332 g/mol. The lowest BCUT2D eigenvalue weighted by molar-refractivity contribution is -0.141. The predicted octanol–water partition coefficient (Wildman–Crippen LogP) is 2.59. The molecule has 1 aliphatic heterocycles. The highest BCUT2D eigenvalue weighted by Crippen LogP contribution is 2.34. The third-order valence-electron chi connectivity index (χ3n) is 4.48. The molecule has 2 atom stereocenters. The number of carboxylic acid groups (broad SMARTS) is 1. The number of ether oxygens (including phenoxy) is 1. The number of hydrogen-bond donors (Lipinski definition) is 1. The summed E-state index contributed by atoms with van der Waals surface area (Å²) in [6.07, 6.45) is 3.11. The molecule has 1 aromatic carbocycles. The van der Waals surface area contributed by atoms with Gasteiger partial charge in [0.05, 0.1) is 5.92 Å². The van der Waals surface area contributed by atoms with Gasteiger partial charge in [0, 0.05) is 25.2 Å². The van der Waals surface area contributed by atoms with Gasteiger partial charge in [-0.05, 0) is 17.7 Å². The highest BCUT2D eigenvalue weighted by atomic mass is 16.5. The van der Waals surface area contributed by atoms with E-state index in [1.54, 1.807) is 23.1 Å². The molecule has 1 aliphatic rings.